The first-order valence-corrected chi connectivity index (χ1v) is 6.73. The summed E-state index contributed by atoms with van der Waals surface area (Å²) in [6.07, 6.45) is 0.451. The first-order valence-electron chi connectivity index (χ1n) is 5.24. The van der Waals surface area contributed by atoms with Crippen molar-refractivity contribution in [1.82, 2.24) is 4.72 Å². The van der Waals surface area contributed by atoms with Crippen molar-refractivity contribution in [1.29, 1.82) is 0 Å². The molecule has 0 aromatic heterocycles. The molecule has 2 N–H and O–H groups in total. The molecule has 5 heteroatoms. The van der Waals surface area contributed by atoms with E-state index in [0.717, 1.165) is 0 Å². The van der Waals surface area contributed by atoms with Crippen molar-refractivity contribution in [2.45, 2.75) is 51.8 Å². The largest absolute Gasteiger partial charge is 0.396 e. The summed E-state index contributed by atoms with van der Waals surface area (Å²) in [5.74, 6) is 0.175. The lowest BCUT2D eigenvalue weighted by atomic mass is 10.0. The van der Waals surface area contributed by atoms with Gasteiger partial charge in [0.1, 0.15) is 0 Å². The quantitative estimate of drug-likeness (QED) is 0.753. The number of hydrogen-bond acceptors (Lipinski definition) is 3. The van der Waals surface area contributed by atoms with Crippen LogP contribution in [0.1, 0.15) is 41.0 Å². The molecule has 1 unspecified atom stereocenters. The second-order valence-electron chi connectivity index (χ2n) is 5.10. The Labute approximate surface area is 93.1 Å². The molecule has 92 valence electrons. The molecular formula is C10H23NO3S. The highest BCUT2D eigenvalue weighted by Gasteiger charge is 2.31. The zero-order valence-electron chi connectivity index (χ0n) is 10.2. The smallest absolute Gasteiger partial charge is 0.216 e. The summed E-state index contributed by atoms with van der Waals surface area (Å²) in [6, 6.07) is -0.195. The van der Waals surface area contributed by atoms with Gasteiger partial charge in [0.2, 0.25) is 10.0 Å². The molecule has 0 rings (SSSR count). The van der Waals surface area contributed by atoms with E-state index >= 15 is 0 Å². The van der Waals surface area contributed by atoms with Gasteiger partial charge in [-0.2, -0.15) is 0 Å². The summed E-state index contributed by atoms with van der Waals surface area (Å²) in [7, 11) is -3.33. The Hall–Kier alpha value is -0.130. The molecule has 1 atom stereocenters. The Morgan fingerprint density at radius 3 is 2.00 bits per heavy atom. The van der Waals surface area contributed by atoms with Crippen LogP contribution < -0.4 is 4.72 Å². The average Bonchev–Trinajstić information content (AvgIpc) is 2.00. The SMILES string of the molecule is CC(C)C(CCO)NS(=O)(=O)C(C)(C)C. The lowest BCUT2D eigenvalue weighted by Crippen LogP contribution is -2.46. The molecule has 0 radical (unpaired) electrons. The van der Waals surface area contributed by atoms with E-state index in [1.807, 2.05) is 13.8 Å². The van der Waals surface area contributed by atoms with E-state index in [9.17, 15) is 8.42 Å². The topological polar surface area (TPSA) is 66.4 Å². The Morgan fingerprint density at radius 2 is 1.73 bits per heavy atom. The van der Waals surface area contributed by atoms with Crippen LogP contribution in [0, 0.1) is 5.92 Å². The van der Waals surface area contributed by atoms with E-state index in [1.54, 1.807) is 20.8 Å². The molecule has 0 aromatic rings. The average molecular weight is 237 g/mol. The van der Waals surface area contributed by atoms with E-state index in [2.05, 4.69) is 4.72 Å². The van der Waals surface area contributed by atoms with Gasteiger partial charge < -0.3 is 5.11 Å². The lowest BCUT2D eigenvalue weighted by molar-refractivity contribution is 0.255. The van der Waals surface area contributed by atoms with Crippen molar-refractivity contribution in [2.75, 3.05) is 6.61 Å². The Bertz CT molecular complexity index is 278. The van der Waals surface area contributed by atoms with Gasteiger partial charge in [0.15, 0.2) is 0 Å². The molecule has 0 saturated carbocycles. The van der Waals surface area contributed by atoms with E-state index in [1.165, 1.54) is 0 Å². The lowest BCUT2D eigenvalue weighted by Gasteiger charge is -2.27. The molecule has 0 bridgehead atoms. The molecule has 0 aliphatic heterocycles. The van der Waals surface area contributed by atoms with E-state index < -0.39 is 14.8 Å². The van der Waals surface area contributed by atoms with Gasteiger partial charge in [-0.25, -0.2) is 13.1 Å². The van der Waals surface area contributed by atoms with Crippen molar-refractivity contribution in [3.05, 3.63) is 0 Å². The first kappa shape index (κ1) is 14.9. The van der Waals surface area contributed by atoms with E-state index in [-0.39, 0.29) is 18.6 Å². The molecule has 0 saturated heterocycles. The Balaban J connectivity index is 4.68. The minimum atomic E-state index is -3.33. The minimum Gasteiger partial charge on any atom is -0.396 e. The summed E-state index contributed by atoms with van der Waals surface area (Å²) >= 11 is 0. The Morgan fingerprint density at radius 1 is 1.27 bits per heavy atom. The summed E-state index contributed by atoms with van der Waals surface area (Å²) < 4.78 is 25.5. The van der Waals surface area contributed by atoms with Crippen LogP contribution in [0.15, 0.2) is 0 Å². The number of aliphatic hydroxyl groups is 1. The molecule has 0 aromatic carbocycles. The van der Waals surface area contributed by atoms with Gasteiger partial charge >= 0.3 is 0 Å². The molecule has 0 aliphatic rings. The number of sulfonamides is 1. The number of nitrogens with one attached hydrogen (secondary N) is 1. The second-order valence-corrected chi connectivity index (χ2v) is 7.56. The fraction of sp³-hybridized carbons (Fsp3) is 1.00. The maximum absolute atomic E-state index is 11.8. The third-order valence-corrected chi connectivity index (χ3v) is 4.58. The van der Waals surface area contributed by atoms with Crippen LogP contribution in [0.2, 0.25) is 0 Å². The number of aliphatic hydroxyl groups excluding tert-OH is 1. The van der Waals surface area contributed by atoms with Crippen LogP contribution in [0.4, 0.5) is 0 Å². The van der Waals surface area contributed by atoms with E-state index in [0.29, 0.717) is 6.42 Å². The van der Waals surface area contributed by atoms with Crippen LogP contribution in [0.25, 0.3) is 0 Å². The van der Waals surface area contributed by atoms with Crippen LogP contribution in [-0.2, 0) is 10.0 Å². The van der Waals surface area contributed by atoms with Crippen molar-refractivity contribution < 1.29 is 13.5 Å². The summed E-state index contributed by atoms with van der Waals surface area (Å²) in [6.45, 7) is 8.84. The molecule has 15 heavy (non-hydrogen) atoms. The summed E-state index contributed by atoms with van der Waals surface area (Å²) in [4.78, 5) is 0. The van der Waals surface area contributed by atoms with Crippen molar-refractivity contribution >= 4 is 10.0 Å². The molecular weight excluding hydrogens is 214 g/mol. The number of hydrogen-bond donors (Lipinski definition) is 2. The van der Waals surface area contributed by atoms with Crippen LogP contribution in [0.5, 0.6) is 0 Å². The predicted molar refractivity (Wildman–Crippen MR) is 62.1 cm³/mol. The molecule has 0 heterocycles. The van der Waals surface area contributed by atoms with Gasteiger partial charge in [0, 0.05) is 12.6 Å². The second kappa shape index (κ2) is 5.27. The highest BCUT2D eigenvalue weighted by molar-refractivity contribution is 7.90. The van der Waals surface area contributed by atoms with Gasteiger partial charge in [0.25, 0.3) is 0 Å². The highest BCUT2D eigenvalue weighted by Crippen LogP contribution is 2.16. The van der Waals surface area contributed by atoms with Crippen molar-refractivity contribution in [3.63, 3.8) is 0 Å². The minimum absolute atomic E-state index is 0.00445. The van der Waals surface area contributed by atoms with Crippen LogP contribution >= 0.6 is 0 Å². The Kier molecular flexibility index (Phi) is 5.23. The number of rotatable bonds is 5. The summed E-state index contributed by atoms with van der Waals surface area (Å²) in [5.41, 5.74) is 0. The molecule has 0 aliphatic carbocycles. The highest BCUT2D eigenvalue weighted by atomic mass is 32.2. The maximum atomic E-state index is 11.8. The fourth-order valence-electron chi connectivity index (χ4n) is 1.04. The fourth-order valence-corrected chi connectivity index (χ4v) is 2.19. The summed E-state index contributed by atoms with van der Waals surface area (Å²) in [5, 5.41) is 8.85. The van der Waals surface area contributed by atoms with Crippen molar-refractivity contribution in [3.8, 4) is 0 Å². The third-order valence-electron chi connectivity index (χ3n) is 2.36. The van der Waals surface area contributed by atoms with Gasteiger partial charge in [-0.3, -0.25) is 0 Å². The van der Waals surface area contributed by atoms with Gasteiger partial charge in [0.05, 0.1) is 4.75 Å². The first-order chi connectivity index (χ1) is 6.62. The van der Waals surface area contributed by atoms with Gasteiger partial charge in [-0.1, -0.05) is 13.8 Å². The molecule has 0 fully saturated rings. The normalized spacial score (nSPS) is 15.7. The zero-order chi connectivity index (χ0) is 12.3. The predicted octanol–water partition coefficient (Wildman–Crippen LogP) is 1.11. The monoisotopic (exact) mass is 237 g/mol. The standard InChI is InChI=1S/C10H23NO3S/c1-8(2)9(6-7-12)11-15(13,14)10(3,4)5/h8-9,11-12H,6-7H2,1-5H3. The molecule has 0 amide bonds. The van der Waals surface area contributed by atoms with Gasteiger partial charge in [-0.15, -0.1) is 0 Å². The van der Waals surface area contributed by atoms with Gasteiger partial charge in [-0.05, 0) is 33.1 Å². The van der Waals surface area contributed by atoms with E-state index in [4.69, 9.17) is 5.11 Å². The third kappa shape index (κ3) is 4.49. The van der Waals surface area contributed by atoms with Crippen LogP contribution in [0.3, 0.4) is 0 Å². The molecule has 4 nitrogen and oxygen atoms in total. The van der Waals surface area contributed by atoms with Crippen molar-refractivity contribution in [2.24, 2.45) is 5.92 Å². The maximum Gasteiger partial charge on any atom is 0.216 e. The zero-order valence-corrected chi connectivity index (χ0v) is 11.1. The van der Waals surface area contributed by atoms with Crippen LogP contribution in [-0.4, -0.2) is 30.9 Å². The molecule has 0 spiro atoms.